The third kappa shape index (κ3) is 3.03. The van der Waals surface area contributed by atoms with Crippen LogP contribution in [0.2, 0.25) is 5.02 Å². The molecule has 2 rings (SSSR count). The van der Waals surface area contributed by atoms with Gasteiger partial charge in [0, 0.05) is 11.1 Å². The quantitative estimate of drug-likeness (QED) is 0.799. The summed E-state index contributed by atoms with van der Waals surface area (Å²) in [5, 5.41) is 8.99. The van der Waals surface area contributed by atoms with Gasteiger partial charge in [0.25, 0.3) is 0 Å². The summed E-state index contributed by atoms with van der Waals surface area (Å²) in [6.45, 7) is 0. The summed E-state index contributed by atoms with van der Waals surface area (Å²) in [4.78, 5) is 0. The van der Waals surface area contributed by atoms with Crippen molar-refractivity contribution >= 4 is 11.6 Å². The standard InChI is InChI=1S/C14H7ClF3NO/c15-13-9(8-19)4-3-6-11(13)10-5-1-2-7-12(10)20-14(16,17)18/h1-7H. The second-order valence-corrected chi connectivity index (χ2v) is 4.20. The smallest absolute Gasteiger partial charge is 0.405 e. The SMILES string of the molecule is N#Cc1cccc(-c2ccccc2OC(F)(F)F)c1Cl. The molecule has 0 saturated carbocycles. The molecule has 0 saturated heterocycles. The zero-order valence-corrected chi connectivity index (χ0v) is 10.7. The van der Waals surface area contributed by atoms with E-state index >= 15 is 0 Å². The second kappa shape index (κ2) is 5.43. The van der Waals surface area contributed by atoms with Crippen molar-refractivity contribution in [3.8, 4) is 22.9 Å². The monoisotopic (exact) mass is 297 g/mol. The second-order valence-electron chi connectivity index (χ2n) is 3.82. The molecule has 2 nitrogen and oxygen atoms in total. The highest BCUT2D eigenvalue weighted by Gasteiger charge is 2.32. The molecule has 0 aliphatic rings. The minimum Gasteiger partial charge on any atom is -0.405 e. The predicted octanol–water partition coefficient (Wildman–Crippen LogP) is 4.78. The maximum atomic E-state index is 12.4. The van der Waals surface area contributed by atoms with Crippen molar-refractivity contribution in [2.75, 3.05) is 0 Å². The Kier molecular flexibility index (Phi) is 3.86. The van der Waals surface area contributed by atoms with Gasteiger partial charge in [-0.05, 0) is 12.1 Å². The minimum absolute atomic E-state index is 0.0909. The molecule has 0 aliphatic heterocycles. The van der Waals surface area contributed by atoms with E-state index in [1.165, 1.54) is 30.3 Å². The van der Waals surface area contributed by atoms with E-state index in [1.54, 1.807) is 12.1 Å². The fraction of sp³-hybridized carbons (Fsp3) is 0.0714. The first-order chi connectivity index (χ1) is 9.42. The Morgan fingerprint density at radius 3 is 2.30 bits per heavy atom. The number of nitrogens with zero attached hydrogens (tertiary/aromatic N) is 1. The third-order valence-electron chi connectivity index (χ3n) is 2.52. The summed E-state index contributed by atoms with van der Waals surface area (Å²) in [6, 6.07) is 12.1. The van der Waals surface area contributed by atoms with Crippen LogP contribution in [0.25, 0.3) is 11.1 Å². The first kappa shape index (κ1) is 14.2. The number of rotatable bonds is 2. The molecule has 0 heterocycles. The Bertz CT molecular complexity index is 677. The van der Waals surface area contributed by atoms with Crippen molar-refractivity contribution in [3.05, 3.63) is 53.1 Å². The summed E-state index contributed by atoms with van der Waals surface area (Å²) in [6.07, 6.45) is -4.80. The van der Waals surface area contributed by atoms with E-state index in [4.69, 9.17) is 16.9 Å². The van der Waals surface area contributed by atoms with Crippen LogP contribution in [-0.2, 0) is 0 Å². The topological polar surface area (TPSA) is 33.0 Å². The van der Waals surface area contributed by atoms with Crippen molar-refractivity contribution in [3.63, 3.8) is 0 Å². The maximum Gasteiger partial charge on any atom is 0.573 e. The summed E-state index contributed by atoms with van der Waals surface area (Å²) in [5.41, 5.74) is 0.670. The largest absolute Gasteiger partial charge is 0.573 e. The van der Waals surface area contributed by atoms with Gasteiger partial charge in [-0.2, -0.15) is 5.26 Å². The van der Waals surface area contributed by atoms with Crippen LogP contribution < -0.4 is 4.74 Å². The zero-order valence-electron chi connectivity index (χ0n) is 9.91. The van der Waals surface area contributed by atoms with Gasteiger partial charge in [0.2, 0.25) is 0 Å². The highest BCUT2D eigenvalue weighted by atomic mass is 35.5. The van der Waals surface area contributed by atoms with E-state index in [1.807, 2.05) is 6.07 Å². The van der Waals surface area contributed by atoms with Gasteiger partial charge >= 0.3 is 6.36 Å². The van der Waals surface area contributed by atoms with Gasteiger partial charge in [-0.1, -0.05) is 41.9 Å². The number of nitriles is 1. The van der Waals surface area contributed by atoms with E-state index in [9.17, 15) is 13.2 Å². The number of hydrogen-bond donors (Lipinski definition) is 0. The molecule has 0 unspecified atom stereocenters. The third-order valence-corrected chi connectivity index (χ3v) is 2.93. The average molecular weight is 298 g/mol. The summed E-state index contributed by atoms with van der Waals surface area (Å²) in [5.74, 6) is -0.364. The molecule has 0 aliphatic carbocycles. The molecule has 0 spiro atoms. The Morgan fingerprint density at radius 1 is 1.00 bits per heavy atom. The van der Waals surface area contributed by atoms with E-state index in [-0.39, 0.29) is 21.9 Å². The van der Waals surface area contributed by atoms with Gasteiger partial charge in [-0.3, -0.25) is 0 Å². The molecule has 0 radical (unpaired) electrons. The molecule has 2 aromatic carbocycles. The predicted molar refractivity (Wildman–Crippen MR) is 68.3 cm³/mol. The average Bonchev–Trinajstić information content (AvgIpc) is 2.38. The van der Waals surface area contributed by atoms with Crippen LogP contribution in [-0.4, -0.2) is 6.36 Å². The van der Waals surface area contributed by atoms with Gasteiger partial charge in [0.15, 0.2) is 0 Å². The molecule has 0 bridgehead atoms. The van der Waals surface area contributed by atoms with Crippen molar-refractivity contribution in [1.29, 1.82) is 5.26 Å². The molecule has 0 amide bonds. The van der Waals surface area contributed by atoms with Crippen molar-refractivity contribution in [2.24, 2.45) is 0 Å². The lowest BCUT2D eigenvalue weighted by atomic mass is 10.0. The van der Waals surface area contributed by atoms with Gasteiger partial charge in [0.05, 0.1) is 10.6 Å². The Labute approximate surface area is 118 Å². The molecule has 6 heteroatoms. The number of benzene rings is 2. The molecular weight excluding hydrogens is 291 g/mol. The van der Waals surface area contributed by atoms with E-state index in [0.29, 0.717) is 5.56 Å². The fourth-order valence-corrected chi connectivity index (χ4v) is 2.00. The molecule has 20 heavy (non-hydrogen) atoms. The molecule has 102 valence electrons. The van der Waals surface area contributed by atoms with Crippen LogP contribution in [0.3, 0.4) is 0 Å². The van der Waals surface area contributed by atoms with E-state index in [2.05, 4.69) is 4.74 Å². The highest BCUT2D eigenvalue weighted by molar-refractivity contribution is 6.34. The number of halogens is 4. The first-order valence-corrected chi connectivity index (χ1v) is 5.84. The summed E-state index contributed by atoms with van der Waals surface area (Å²) < 4.78 is 41.1. The lowest BCUT2D eigenvalue weighted by molar-refractivity contribution is -0.274. The van der Waals surface area contributed by atoms with Gasteiger partial charge in [-0.25, -0.2) is 0 Å². The van der Waals surface area contributed by atoms with Crippen LogP contribution in [0.1, 0.15) is 5.56 Å². The Morgan fingerprint density at radius 2 is 1.65 bits per heavy atom. The minimum atomic E-state index is -4.80. The Hall–Kier alpha value is -2.19. The Balaban J connectivity index is 2.57. The normalized spacial score (nSPS) is 10.9. The molecular formula is C14H7ClF3NO. The lowest BCUT2D eigenvalue weighted by Crippen LogP contribution is -2.17. The molecule has 0 N–H and O–H groups in total. The highest BCUT2D eigenvalue weighted by Crippen LogP contribution is 2.38. The summed E-state index contributed by atoms with van der Waals surface area (Å²) in [7, 11) is 0. The summed E-state index contributed by atoms with van der Waals surface area (Å²) >= 11 is 6.03. The maximum absolute atomic E-state index is 12.4. The van der Waals surface area contributed by atoms with E-state index < -0.39 is 6.36 Å². The molecule has 2 aromatic rings. The van der Waals surface area contributed by atoms with Crippen LogP contribution in [0.4, 0.5) is 13.2 Å². The lowest BCUT2D eigenvalue weighted by Gasteiger charge is -2.14. The van der Waals surface area contributed by atoms with Crippen LogP contribution >= 0.6 is 11.6 Å². The van der Waals surface area contributed by atoms with Crippen molar-refractivity contribution in [1.82, 2.24) is 0 Å². The number of para-hydroxylation sites is 1. The number of alkyl halides is 3. The fourth-order valence-electron chi connectivity index (χ4n) is 1.73. The number of hydrogen-bond acceptors (Lipinski definition) is 2. The molecule has 0 atom stereocenters. The van der Waals surface area contributed by atoms with Crippen LogP contribution in [0, 0.1) is 11.3 Å². The molecule has 0 fully saturated rings. The van der Waals surface area contributed by atoms with Crippen LogP contribution in [0.5, 0.6) is 5.75 Å². The zero-order chi connectivity index (χ0) is 14.8. The van der Waals surface area contributed by atoms with Gasteiger partial charge in [0.1, 0.15) is 11.8 Å². The van der Waals surface area contributed by atoms with Crippen molar-refractivity contribution < 1.29 is 17.9 Å². The van der Waals surface area contributed by atoms with Crippen LogP contribution in [0.15, 0.2) is 42.5 Å². The van der Waals surface area contributed by atoms with Gasteiger partial charge < -0.3 is 4.74 Å². The van der Waals surface area contributed by atoms with Gasteiger partial charge in [-0.15, -0.1) is 13.2 Å². The first-order valence-electron chi connectivity index (χ1n) is 5.46. The molecule has 0 aromatic heterocycles. The number of ether oxygens (including phenoxy) is 1. The van der Waals surface area contributed by atoms with Crippen molar-refractivity contribution in [2.45, 2.75) is 6.36 Å². The van der Waals surface area contributed by atoms with E-state index in [0.717, 1.165) is 0 Å².